The second kappa shape index (κ2) is 11.2. The Morgan fingerprint density at radius 2 is 1.43 bits per heavy atom. The van der Waals surface area contributed by atoms with E-state index in [1.165, 1.54) is 6.26 Å². The molecule has 0 bridgehead atoms. The van der Waals surface area contributed by atoms with Gasteiger partial charge in [-0.1, -0.05) is 48.5 Å². The van der Waals surface area contributed by atoms with Crippen LogP contribution in [0.15, 0.2) is 94.2 Å². The zero-order valence-electron chi connectivity index (χ0n) is 20.4. The Morgan fingerprint density at radius 1 is 0.886 bits per heavy atom. The number of rotatable bonds is 7. The van der Waals surface area contributed by atoms with Crippen LogP contribution >= 0.6 is 0 Å². The van der Waals surface area contributed by atoms with E-state index in [9.17, 15) is 13.8 Å². The van der Waals surface area contributed by atoms with Crippen molar-refractivity contribution < 1.29 is 18.5 Å². The van der Waals surface area contributed by atoms with Crippen LogP contribution in [0.3, 0.4) is 0 Å². The summed E-state index contributed by atoms with van der Waals surface area (Å²) in [6, 6.07) is 24.8. The number of nitrogens with one attached hydrogen (secondary N) is 2. The van der Waals surface area contributed by atoms with Gasteiger partial charge in [-0.25, -0.2) is 9.00 Å². The van der Waals surface area contributed by atoms with E-state index in [4.69, 9.17) is 4.74 Å². The van der Waals surface area contributed by atoms with Crippen molar-refractivity contribution in [3.05, 3.63) is 90.5 Å². The molecule has 0 aliphatic heterocycles. The Labute approximate surface area is 207 Å². The molecule has 35 heavy (non-hydrogen) atoms. The third kappa shape index (κ3) is 8.26. The van der Waals surface area contributed by atoms with Gasteiger partial charge in [-0.2, -0.15) is 4.36 Å². The normalized spacial score (nSPS) is 13.7. The Hall–Kier alpha value is -3.65. The molecule has 0 saturated heterocycles. The number of para-hydroxylation sites is 1. The molecular weight excluding hydrogens is 462 g/mol. The minimum absolute atomic E-state index is 0.192. The molecule has 0 saturated carbocycles. The first-order valence-corrected chi connectivity index (χ1v) is 13.2. The lowest BCUT2D eigenvalue weighted by Crippen LogP contribution is -2.44. The fourth-order valence-corrected chi connectivity index (χ4v) is 4.48. The maximum Gasteiger partial charge on any atom is 0.408 e. The van der Waals surface area contributed by atoms with Gasteiger partial charge in [0.1, 0.15) is 11.6 Å². The molecule has 0 fully saturated rings. The van der Waals surface area contributed by atoms with Crippen LogP contribution in [-0.4, -0.2) is 34.1 Å². The first-order chi connectivity index (χ1) is 16.5. The van der Waals surface area contributed by atoms with Gasteiger partial charge in [-0.3, -0.25) is 4.79 Å². The zero-order chi connectivity index (χ0) is 25.5. The molecule has 3 rings (SSSR count). The molecule has 2 amide bonds. The number of carbonyl (C=O) groups is 2. The maximum atomic E-state index is 13.4. The summed E-state index contributed by atoms with van der Waals surface area (Å²) in [7, 11) is -3.05. The number of ether oxygens (including phenoxy) is 1. The standard InChI is InChI=1S/C27H31N3O4S/c1-27(2,3)34-26(32)29-24(19-20-11-7-5-8-12-20)25(31)30-35(4,33)23-17-15-22(16-18-23)28-21-13-9-6-10-14-21/h5-18,24,28H,19H2,1-4H3,(H,29,32)/t24-,35?/m0/s1. The minimum Gasteiger partial charge on any atom is -0.444 e. The zero-order valence-corrected chi connectivity index (χ0v) is 21.2. The van der Waals surface area contributed by atoms with Crippen molar-refractivity contribution in [3.8, 4) is 0 Å². The predicted octanol–water partition coefficient (Wildman–Crippen LogP) is 5.55. The molecule has 184 valence electrons. The van der Waals surface area contributed by atoms with Gasteiger partial charge in [0.15, 0.2) is 0 Å². The van der Waals surface area contributed by atoms with Gasteiger partial charge in [0.05, 0.1) is 9.73 Å². The van der Waals surface area contributed by atoms with Crippen LogP contribution < -0.4 is 10.6 Å². The van der Waals surface area contributed by atoms with Crippen molar-refractivity contribution in [1.82, 2.24) is 5.32 Å². The summed E-state index contributed by atoms with van der Waals surface area (Å²) in [5, 5.41) is 5.85. The Balaban J connectivity index is 1.81. The molecule has 0 spiro atoms. The number of nitrogens with zero attached hydrogens (tertiary/aromatic N) is 1. The summed E-state index contributed by atoms with van der Waals surface area (Å²) in [4.78, 5) is 25.9. The van der Waals surface area contributed by atoms with Gasteiger partial charge in [0, 0.05) is 28.9 Å². The third-order valence-electron chi connectivity index (χ3n) is 4.89. The van der Waals surface area contributed by atoms with E-state index in [2.05, 4.69) is 15.0 Å². The molecule has 0 aromatic heterocycles. The van der Waals surface area contributed by atoms with Gasteiger partial charge in [-0.05, 0) is 62.7 Å². The summed E-state index contributed by atoms with van der Waals surface area (Å²) in [6.45, 7) is 5.21. The number of hydrogen-bond donors (Lipinski definition) is 2. The van der Waals surface area contributed by atoms with E-state index in [0.717, 1.165) is 16.9 Å². The number of benzene rings is 3. The van der Waals surface area contributed by atoms with Crippen LogP contribution in [0, 0.1) is 0 Å². The van der Waals surface area contributed by atoms with Crippen molar-refractivity contribution >= 4 is 33.1 Å². The largest absolute Gasteiger partial charge is 0.444 e. The quantitative estimate of drug-likeness (QED) is 0.450. The Kier molecular flexibility index (Phi) is 8.30. The van der Waals surface area contributed by atoms with Crippen LogP contribution in [0.4, 0.5) is 16.2 Å². The van der Waals surface area contributed by atoms with E-state index < -0.39 is 33.4 Å². The van der Waals surface area contributed by atoms with Crippen molar-refractivity contribution in [2.24, 2.45) is 4.36 Å². The number of carbonyl (C=O) groups excluding carboxylic acids is 2. The van der Waals surface area contributed by atoms with Crippen molar-refractivity contribution in [1.29, 1.82) is 0 Å². The molecule has 2 N–H and O–H groups in total. The molecule has 0 aliphatic rings. The summed E-state index contributed by atoms with van der Waals surface area (Å²) >= 11 is 0. The van der Waals surface area contributed by atoms with Crippen molar-refractivity contribution in [2.45, 2.75) is 43.7 Å². The smallest absolute Gasteiger partial charge is 0.408 e. The average molecular weight is 494 g/mol. The van der Waals surface area contributed by atoms with Crippen LogP contribution in [-0.2, 0) is 25.7 Å². The van der Waals surface area contributed by atoms with E-state index in [1.807, 2.05) is 60.7 Å². The lowest BCUT2D eigenvalue weighted by molar-refractivity contribution is -0.119. The van der Waals surface area contributed by atoms with Crippen LogP contribution in [0.5, 0.6) is 0 Å². The molecule has 3 aromatic rings. The number of amides is 2. The van der Waals surface area contributed by atoms with Crippen LogP contribution in [0.1, 0.15) is 26.3 Å². The van der Waals surface area contributed by atoms with Gasteiger partial charge < -0.3 is 15.4 Å². The monoisotopic (exact) mass is 493 g/mol. The van der Waals surface area contributed by atoms with Gasteiger partial charge in [0.25, 0.3) is 5.91 Å². The molecule has 0 aliphatic carbocycles. The third-order valence-corrected chi connectivity index (χ3v) is 6.57. The van der Waals surface area contributed by atoms with E-state index in [1.54, 1.807) is 45.0 Å². The summed E-state index contributed by atoms with van der Waals surface area (Å²) in [6.07, 6.45) is 0.871. The lowest BCUT2D eigenvalue weighted by Gasteiger charge is -2.22. The van der Waals surface area contributed by atoms with Gasteiger partial charge >= 0.3 is 6.09 Å². The molecule has 2 atom stereocenters. The summed E-state index contributed by atoms with van der Waals surface area (Å²) in [5.41, 5.74) is 1.84. The topological polar surface area (TPSA) is 96.9 Å². The van der Waals surface area contributed by atoms with Crippen LogP contribution in [0.25, 0.3) is 0 Å². The Bertz CT molecular complexity index is 1260. The van der Waals surface area contributed by atoms with Gasteiger partial charge in [-0.15, -0.1) is 0 Å². The molecule has 1 unspecified atom stereocenters. The molecular formula is C27H31N3O4S. The summed E-state index contributed by atoms with van der Waals surface area (Å²) < 4.78 is 22.7. The fourth-order valence-electron chi connectivity index (χ4n) is 3.27. The molecule has 7 nitrogen and oxygen atoms in total. The highest BCUT2D eigenvalue weighted by molar-refractivity contribution is 7.93. The number of alkyl carbamates (subject to hydrolysis) is 1. The van der Waals surface area contributed by atoms with E-state index in [0.29, 0.717) is 4.90 Å². The predicted molar refractivity (Wildman–Crippen MR) is 139 cm³/mol. The molecule has 0 heterocycles. The van der Waals surface area contributed by atoms with E-state index >= 15 is 0 Å². The van der Waals surface area contributed by atoms with Crippen molar-refractivity contribution in [3.63, 3.8) is 0 Å². The summed E-state index contributed by atoms with van der Waals surface area (Å²) in [5.74, 6) is -0.682. The minimum atomic E-state index is -3.05. The first kappa shape index (κ1) is 26.0. The maximum absolute atomic E-state index is 13.4. The molecule has 0 radical (unpaired) electrons. The number of anilines is 2. The second-order valence-corrected chi connectivity index (χ2v) is 11.4. The first-order valence-electron chi connectivity index (χ1n) is 11.2. The number of hydrogen-bond acceptors (Lipinski definition) is 5. The molecule has 8 heteroatoms. The highest BCUT2D eigenvalue weighted by Gasteiger charge is 2.26. The average Bonchev–Trinajstić information content (AvgIpc) is 2.79. The SMILES string of the molecule is CC(C)(C)OC(=O)N[C@@H](Cc1ccccc1)C(=O)N=S(C)(=O)c1ccc(Nc2ccccc2)cc1. The fraction of sp³-hybridized carbons (Fsp3) is 0.259. The molecule has 3 aromatic carbocycles. The second-order valence-electron chi connectivity index (χ2n) is 9.14. The van der Waals surface area contributed by atoms with Crippen molar-refractivity contribution in [2.75, 3.05) is 11.6 Å². The highest BCUT2D eigenvalue weighted by atomic mass is 32.2. The van der Waals surface area contributed by atoms with Crippen LogP contribution in [0.2, 0.25) is 0 Å². The lowest BCUT2D eigenvalue weighted by atomic mass is 10.1. The van der Waals surface area contributed by atoms with E-state index in [-0.39, 0.29) is 6.42 Å². The Morgan fingerprint density at radius 3 is 2.00 bits per heavy atom. The van der Waals surface area contributed by atoms with Gasteiger partial charge in [0.2, 0.25) is 0 Å². The highest BCUT2D eigenvalue weighted by Crippen LogP contribution is 2.20.